The van der Waals surface area contributed by atoms with Gasteiger partial charge < -0.3 is 25.5 Å². The highest BCUT2D eigenvalue weighted by atomic mass is 15.1. The Bertz CT molecular complexity index is 2020. The van der Waals surface area contributed by atoms with E-state index in [0.717, 1.165) is 73.0 Å². The van der Waals surface area contributed by atoms with Gasteiger partial charge in [0.25, 0.3) is 0 Å². The second-order valence-corrected chi connectivity index (χ2v) is 10.6. The van der Waals surface area contributed by atoms with Gasteiger partial charge in [-0.15, -0.1) is 0 Å². The highest BCUT2D eigenvalue weighted by Crippen LogP contribution is 2.36. The van der Waals surface area contributed by atoms with Gasteiger partial charge in [-0.2, -0.15) is 0 Å². The summed E-state index contributed by atoms with van der Waals surface area (Å²) in [5.41, 5.74) is 10.1. The summed E-state index contributed by atoms with van der Waals surface area (Å²) in [5, 5.41) is 21.9. The normalized spacial score (nSPS) is 11.1. The Morgan fingerprint density at radius 2 is 0.978 bits per heavy atom. The summed E-state index contributed by atoms with van der Waals surface area (Å²) in [4.78, 5) is 18.6. The van der Waals surface area contributed by atoms with E-state index in [1.54, 1.807) is 14.1 Å². The van der Waals surface area contributed by atoms with Gasteiger partial charge in [-0.1, -0.05) is 18.2 Å². The first-order chi connectivity index (χ1) is 22.0. The number of para-hydroxylation sites is 1. The summed E-state index contributed by atoms with van der Waals surface area (Å²) in [6.07, 6.45) is 0. The highest BCUT2D eigenvalue weighted by Gasteiger charge is 2.15. The van der Waals surface area contributed by atoms with E-state index < -0.39 is 0 Å². The molecule has 0 saturated heterocycles. The van der Waals surface area contributed by atoms with Crippen molar-refractivity contribution >= 4 is 50.8 Å². The molecule has 2 heterocycles. The average molecular weight is 590 g/mol. The molecule has 7 rings (SSSR count). The quantitative estimate of drug-likeness (QED) is 0.0856. The fourth-order valence-corrected chi connectivity index (χ4v) is 5.45. The molecule has 45 heavy (non-hydrogen) atoms. The Labute approximate surface area is 260 Å². The molecular formula is C36H31N9. The van der Waals surface area contributed by atoms with Crippen LogP contribution in [-0.2, 0) is 0 Å². The van der Waals surface area contributed by atoms with Crippen LogP contribution >= 0.6 is 0 Å². The lowest BCUT2D eigenvalue weighted by Crippen LogP contribution is -2.17. The highest BCUT2D eigenvalue weighted by molar-refractivity contribution is 6.00. The summed E-state index contributed by atoms with van der Waals surface area (Å²) >= 11 is 0. The van der Waals surface area contributed by atoms with Gasteiger partial charge >= 0.3 is 0 Å². The molecule has 0 aliphatic rings. The SMILES string of the molecule is CNC(=N)c1ccc2nc(-c3ccc(N(c4ccccc4)c4ccc(-c5nc6ccc(C(=N)NC)cc6[nH]5)cc4)cc3)[nH]c2c1. The van der Waals surface area contributed by atoms with Crippen LogP contribution in [-0.4, -0.2) is 45.7 Å². The van der Waals surface area contributed by atoms with Gasteiger partial charge in [-0.3, -0.25) is 10.8 Å². The lowest BCUT2D eigenvalue weighted by atomic mass is 10.1. The van der Waals surface area contributed by atoms with E-state index in [-0.39, 0.29) is 0 Å². The number of amidine groups is 2. The summed E-state index contributed by atoms with van der Waals surface area (Å²) in [7, 11) is 3.49. The predicted octanol–water partition coefficient (Wildman–Crippen LogP) is 7.33. The van der Waals surface area contributed by atoms with Crippen LogP contribution in [0.1, 0.15) is 11.1 Å². The lowest BCUT2D eigenvalue weighted by Gasteiger charge is -2.25. The van der Waals surface area contributed by atoms with Crippen LogP contribution in [0, 0.1) is 10.8 Å². The van der Waals surface area contributed by atoms with E-state index in [0.29, 0.717) is 11.7 Å². The standard InChI is InChI=1S/C36H31N9/c1-39-33(37)24-12-18-29-31(20-24)43-35(41-29)22-8-14-27(15-9-22)45(26-6-4-3-5-7-26)28-16-10-23(11-17-28)36-42-30-19-13-25(34(38)40-2)21-32(30)44-36/h3-21H,1-2H3,(H2,37,39)(H2,38,40)(H,41,43)(H,42,44). The molecule has 5 aromatic carbocycles. The van der Waals surface area contributed by atoms with Crippen molar-refractivity contribution in [3.63, 3.8) is 0 Å². The number of nitrogens with zero attached hydrogens (tertiary/aromatic N) is 3. The van der Waals surface area contributed by atoms with Crippen LogP contribution in [0.3, 0.4) is 0 Å². The molecule has 7 aromatic rings. The maximum absolute atomic E-state index is 8.07. The average Bonchev–Trinajstić information content (AvgIpc) is 3.73. The number of benzene rings is 5. The number of aromatic amines is 2. The first-order valence-corrected chi connectivity index (χ1v) is 14.6. The van der Waals surface area contributed by atoms with E-state index in [2.05, 4.69) is 86.2 Å². The molecule has 0 unspecified atom stereocenters. The molecule has 0 radical (unpaired) electrons. The van der Waals surface area contributed by atoms with Crippen LogP contribution in [0.5, 0.6) is 0 Å². The van der Waals surface area contributed by atoms with Gasteiger partial charge in [0.1, 0.15) is 23.3 Å². The van der Waals surface area contributed by atoms with Crippen molar-refractivity contribution in [3.05, 3.63) is 126 Å². The van der Waals surface area contributed by atoms with Crippen LogP contribution in [0.25, 0.3) is 44.8 Å². The third-order valence-electron chi connectivity index (χ3n) is 7.85. The van der Waals surface area contributed by atoms with Crippen LogP contribution < -0.4 is 15.5 Å². The molecule has 0 saturated carbocycles. The maximum atomic E-state index is 8.07. The van der Waals surface area contributed by atoms with Gasteiger partial charge in [0.05, 0.1) is 22.1 Å². The van der Waals surface area contributed by atoms with Gasteiger partial charge in [0.15, 0.2) is 0 Å². The number of aromatic nitrogens is 4. The molecule has 220 valence electrons. The number of imidazole rings is 2. The second kappa shape index (κ2) is 11.5. The number of H-pyrrole nitrogens is 2. The van der Waals surface area contributed by atoms with E-state index in [4.69, 9.17) is 20.8 Å². The van der Waals surface area contributed by atoms with Crippen molar-refractivity contribution in [2.75, 3.05) is 19.0 Å². The number of hydrogen-bond donors (Lipinski definition) is 6. The molecule has 0 atom stereocenters. The fourth-order valence-electron chi connectivity index (χ4n) is 5.45. The molecule has 0 fully saturated rings. The third kappa shape index (κ3) is 5.27. The Hall–Kier alpha value is -6.22. The van der Waals surface area contributed by atoms with Crippen molar-refractivity contribution in [1.82, 2.24) is 30.6 Å². The Kier molecular flexibility index (Phi) is 7.03. The molecule has 0 amide bonds. The van der Waals surface area contributed by atoms with E-state index >= 15 is 0 Å². The van der Waals surface area contributed by atoms with Gasteiger partial charge in [-0.05, 0) is 97.1 Å². The van der Waals surface area contributed by atoms with Crippen LogP contribution in [0.15, 0.2) is 115 Å². The van der Waals surface area contributed by atoms with Crippen molar-refractivity contribution in [1.29, 1.82) is 10.8 Å². The van der Waals surface area contributed by atoms with Crippen molar-refractivity contribution in [2.24, 2.45) is 0 Å². The first-order valence-electron chi connectivity index (χ1n) is 14.6. The molecule has 9 nitrogen and oxygen atoms in total. The van der Waals surface area contributed by atoms with Crippen LogP contribution in [0.4, 0.5) is 17.1 Å². The molecule has 0 aliphatic heterocycles. The van der Waals surface area contributed by atoms with Gasteiger partial charge in [-0.25, -0.2) is 9.97 Å². The zero-order chi connectivity index (χ0) is 30.9. The third-order valence-corrected chi connectivity index (χ3v) is 7.85. The van der Waals surface area contributed by atoms with Gasteiger partial charge in [0, 0.05) is 53.4 Å². The maximum Gasteiger partial charge on any atom is 0.138 e. The van der Waals surface area contributed by atoms with Gasteiger partial charge in [0.2, 0.25) is 0 Å². The summed E-state index contributed by atoms with van der Waals surface area (Å²) in [6.45, 7) is 0. The topological polar surface area (TPSA) is 132 Å². The summed E-state index contributed by atoms with van der Waals surface area (Å²) in [6, 6.07) is 38.6. The molecule has 9 heteroatoms. The Balaban J connectivity index is 1.19. The fraction of sp³-hybridized carbons (Fsp3) is 0.0556. The predicted molar refractivity (Wildman–Crippen MR) is 183 cm³/mol. The number of anilines is 3. The number of fused-ring (bicyclic) bond motifs is 2. The molecule has 2 aromatic heterocycles. The zero-order valence-electron chi connectivity index (χ0n) is 24.8. The van der Waals surface area contributed by atoms with Crippen molar-refractivity contribution in [3.8, 4) is 22.8 Å². The zero-order valence-corrected chi connectivity index (χ0v) is 24.8. The van der Waals surface area contributed by atoms with E-state index in [1.165, 1.54) is 0 Å². The lowest BCUT2D eigenvalue weighted by molar-refractivity contribution is 1.14. The van der Waals surface area contributed by atoms with E-state index in [1.807, 2.05) is 54.6 Å². The van der Waals surface area contributed by atoms with Crippen molar-refractivity contribution in [2.45, 2.75) is 0 Å². The smallest absolute Gasteiger partial charge is 0.138 e. The molecular weight excluding hydrogens is 558 g/mol. The number of rotatable bonds is 7. The first kappa shape index (κ1) is 27.6. The monoisotopic (exact) mass is 589 g/mol. The minimum absolute atomic E-state index is 0.366. The van der Waals surface area contributed by atoms with Crippen molar-refractivity contribution < 1.29 is 0 Å². The Morgan fingerprint density at radius 1 is 0.556 bits per heavy atom. The minimum Gasteiger partial charge on any atom is -0.373 e. The van der Waals surface area contributed by atoms with E-state index in [9.17, 15) is 0 Å². The largest absolute Gasteiger partial charge is 0.373 e. The minimum atomic E-state index is 0.366. The summed E-state index contributed by atoms with van der Waals surface area (Å²) < 4.78 is 0. The molecule has 0 aliphatic carbocycles. The number of nitrogens with one attached hydrogen (secondary N) is 6. The Morgan fingerprint density at radius 3 is 1.40 bits per heavy atom. The molecule has 0 spiro atoms. The molecule has 0 bridgehead atoms. The number of hydrogen-bond acceptors (Lipinski definition) is 5. The molecule has 6 N–H and O–H groups in total. The summed E-state index contributed by atoms with van der Waals surface area (Å²) in [5.74, 6) is 2.29. The second-order valence-electron chi connectivity index (χ2n) is 10.6. The van der Waals surface area contributed by atoms with Crippen LogP contribution in [0.2, 0.25) is 0 Å².